The summed E-state index contributed by atoms with van der Waals surface area (Å²) in [4.78, 5) is 0. The molecule has 0 amide bonds. The van der Waals surface area contributed by atoms with Gasteiger partial charge in [-0.25, -0.2) is 8.42 Å². The Bertz CT molecular complexity index is 779. The molecule has 2 N–H and O–H groups in total. The zero-order valence-corrected chi connectivity index (χ0v) is 12.4. The second-order valence-electron chi connectivity index (χ2n) is 5.03. The second-order valence-corrected chi connectivity index (χ2v) is 7.51. The van der Waals surface area contributed by atoms with Gasteiger partial charge in [-0.2, -0.15) is 9.19 Å². The summed E-state index contributed by atoms with van der Waals surface area (Å²) in [6.07, 6.45) is 4.43. The van der Waals surface area contributed by atoms with Crippen molar-refractivity contribution in [2.24, 2.45) is 0 Å². The fourth-order valence-corrected chi connectivity index (χ4v) is 3.78. The molecule has 5 nitrogen and oxygen atoms in total. The van der Waals surface area contributed by atoms with E-state index in [4.69, 9.17) is 17.3 Å². The summed E-state index contributed by atoms with van der Waals surface area (Å²) in [5, 5.41) is 4.15. The van der Waals surface area contributed by atoms with Crippen LogP contribution in [0, 0.1) is 6.92 Å². The Morgan fingerprint density at radius 1 is 1.40 bits per heavy atom. The van der Waals surface area contributed by atoms with Gasteiger partial charge in [-0.1, -0.05) is 11.6 Å². The first-order valence-electron chi connectivity index (χ1n) is 6.24. The number of benzene rings is 1. The molecule has 1 aromatic carbocycles. The Balaban J connectivity index is 2.04. The van der Waals surface area contributed by atoms with Gasteiger partial charge >= 0.3 is 0 Å². The summed E-state index contributed by atoms with van der Waals surface area (Å²) < 4.78 is 25.2. The maximum absolute atomic E-state index is 12.1. The van der Waals surface area contributed by atoms with Gasteiger partial charge in [-0.05, 0) is 37.5 Å². The van der Waals surface area contributed by atoms with Crippen molar-refractivity contribution in [2.75, 3.05) is 5.73 Å². The molecule has 20 heavy (non-hydrogen) atoms. The van der Waals surface area contributed by atoms with E-state index in [9.17, 15) is 8.42 Å². The van der Waals surface area contributed by atoms with E-state index in [0.29, 0.717) is 29.1 Å². The van der Waals surface area contributed by atoms with Gasteiger partial charge in [-0.15, -0.1) is 0 Å². The number of hydrogen-bond acceptors (Lipinski definition) is 4. The van der Waals surface area contributed by atoms with Crippen LogP contribution in [0.4, 0.5) is 5.69 Å². The largest absolute Gasteiger partial charge is 0.398 e. The monoisotopic (exact) mass is 311 g/mol. The highest BCUT2D eigenvalue weighted by Gasteiger charge is 2.37. The lowest BCUT2D eigenvalue weighted by molar-refractivity contribution is 0.578. The van der Waals surface area contributed by atoms with Gasteiger partial charge in [0.05, 0.1) is 22.7 Å². The number of halogens is 1. The molecule has 1 aliphatic carbocycles. The van der Waals surface area contributed by atoms with Crippen molar-refractivity contribution in [1.82, 2.24) is 9.19 Å². The van der Waals surface area contributed by atoms with Crippen LogP contribution in [0.5, 0.6) is 0 Å². The zero-order chi connectivity index (χ0) is 14.5. The number of rotatable bonds is 3. The first kappa shape index (κ1) is 13.5. The van der Waals surface area contributed by atoms with Gasteiger partial charge in [0, 0.05) is 16.8 Å². The van der Waals surface area contributed by atoms with E-state index < -0.39 is 10.0 Å². The van der Waals surface area contributed by atoms with Crippen LogP contribution in [-0.4, -0.2) is 22.9 Å². The van der Waals surface area contributed by atoms with E-state index in [2.05, 4.69) is 5.10 Å². The maximum Gasteiger partial charge on any atom is 0.256 e. The average molecular weight is 312 g/mol. The van der Waals surface area contributed by atoms with E-state index in [0.717, 1.165) is 15.2 Å². The molecule has 0 atom stereocenters. The predicted molar refractivity (Wildman–Crippen MR) is 79.2 cm³/mol. The van der Waals surface area contributed by atoms with Crippen LogP contribution in [0.25, 0.3) is 11.1 Å². The number of aromatic nitrogens is 2. The second kappa shape index (κ2) is 4.49. The van der Waals surface area contributed by atoms with Crippen LogP contribution < -0.4 is 5.73 Å². The van der Waals surface area contributed by atoms with Gasteiger partial charge in [0.25, 0.3) is 10.0 Å². The smallest absolute Gasteiger partial charge is 0.256 e. The highest BCUT2D eigenvalue weighted by molar-refractivity contribution is 7.90. The van der Waals surface area contributed by atoms with E-state index in [1.165, 1.54) is 12.4 Å². The van der Waals surface area contributed by atoms with Gasteiger partial charge in [0.1, 0.15) is 0 Å². The van der Waals surface area contributed by atoms with Crippen molar-refractivity contribution >= 4 is 27.3 Å². The van der Waals surface area contributed by atoms with Crippen molar-refractivity contribution in [1.29, 1.82) is 0 Å². The standard InChI is InChI=1S/C13H14ClN3O2S/c1-8-4-11(12(14)5-13(8)15)9-6-16-17(7-9)20(18,19)10-2-3-10/h4-7,10H,2-3,15H2,1H3. The van der Waals surface area contributed by atoms with E-state index in [1.807, 2.05) is 13.0 Å². The topological polar surface area (TPSA) is 78.0 Å². The molecular formula is C13H14ClN3O2S. The molecule has 0 spiro atoms. The summed E-state index contributed by atoms with van der Waals surface area (Å²) in [7, 11) is -3.35. The molecule has 3 rings (SSSR count). The lowest BCUT2D eigenvalue weighted by Gasteiger charge is -2.06. The van der Waals surface area contributed by atoms with Gasteiger partial charge in [0.15, 0.2) is 0 Å². The minimum atomic E-state index is -3.35. The molecule has 2 aromatic rings. The van der Waals surface area contributed by atoms with Crippen molar-refractivity contribution in [2.45, 2.75) is 25.0 Å². The Morgan fingerprint density at radius 2 is 2.10 bits per heavy atom. The molecule has 1 aromatic heterocycles. The van der Waals surface area contributed by atoms with Crippen molar-refractivity contribution in [3.8, 4) is 11.1 Å². The first-order chi connectivity index (χ1) is 9.39. The predicted octanol–water partition coefficient (Wildman–Crippen LogP) is 2.43. The van der Waals surface area contributed by atoms with E-state index >= 15 is 0 Å². The van der Waals surface area contributed by atoms with E-state index in [-0.39, 0.29) is 5.25 Å². The molecule has 0 saturated heterocycles. The van der Waals surface area contributed by atoms with Crippen LogP contribution >= 0.6 is 11.6 Å². The van der Waals surface area contributed by atoms with Crippen LogP contribution in [0.3, 0.4) is 0 Å². The number of nitrogens with two attached hydrogens (primary N) is 1. The van der Waals surface area contributed by atoms with E-state index in [1.54, 1.807) is 6.07 Å². The van der Waals surface area contributed by atoms with Crippen LogP contribution in [-0.2, 0) is 10.0 Å². The highest BCUT2D eigenvalue weighted by Crippen LogP contribution is 2.33. The molecule has 0 aliphatic heterocycles. The Morgan fingerprint density at radius 3 is 2.75 bits per heavy atom. The molecule has 7 heteroatoms. The summed E-state index contributed by atoms with van der Waals surface area (Å²) in [5.74, 6) is 0. The minimum absolute atomic E-state index is 0.293. The molecular weight excluding hydrogens is 298 g/mol. The van der Waals surface area contributed by atoms with Crippen molar-refractivity contribution in [3.05, 3.63) is 35.1 Å². The van der Waals surface area contributed by atoms with Crippen LogP contribution in [0.15, 0.2) is 24.5 Å². The zero-order valence-electron chi connectivity index (χ0n) is 10.9. The summed E-state index contributed by atoms with van der Waals surface area (Å²) in [6, 6.07) is 3.50. The van der Waals surface area contributed by atoms with Gasteiger partial charge in [0.2, 0.25) is 0 Å². The fraction of sp³-hybridized carbons (Fsp3) is 0.308. The Kier molecular flexibility index (Phi) is 3.02. The van der Waals surface area contributed by atoms with Crippen LogP contribution in [0.1, 0.15) is 18.4 Å². The molecule has 0 bridgehead atoms. The van der Waals surface area contributed by atoms with Crippen molar-refractivity contribution in [3.63, 3.8) is 0 Å². The lowest BCUT2D eigenvalue weighted by atomic mass is 10.1. The summed E-state index contributed by atoms with van der Waals surface area (Å²) in [5.41, 5.74) is 8.69. The lowest BCUT2D eigenvalue weighted by Crippen LogP contribution is -2.17. The number of aryl methyl sites for hydroxylation is 1. The SMILES string of the molecule is Cc1cc(-c2cnn(S(=O)(=O)C3CC3)c2)c(Cl)cc1N. The minimum Gasteiger partial charge on any atom is -0.398 e. The highest BCUT2D eigenvalue weighted by atomic mass is 35.5. The van der Waals surface area contributed by atoms with Crippen molar-refractivity contribution < 1.29 is 8.42 Å². The third kappa shape index (κ3) is 2.19. The summed E-state index contributed by atoms with van der Waals surface area (Å²) in [6.45, 7) is 1.88. The number of hydrogen-bond donors (Lipinski definition) is 1. The average Bonchev–Trinajstić information content (AvgIpc) is 3.13. The molecule has 106 valence electrons. The molecule has 1 heterocycles. The number of anilines is 1. The Labute approximate surface area is 122 Å². The van der Waals surface area contributed by atoms with Crippen LogP contribution in [0.2, 0.25) is 5.02 Å². The molecule has 1 aliphatic rings. The molecule has 1 saturated carbocycles. The number of nitrogen functional groups attached to an aromatic ring is 1. The quantitative estimate of drug-likeness (QED) is 0.883. The van der Waals surface area contributed by atoms with Gasteiger partial charge < -0.3 is 5.73 Å². The first-order valence-corrected chi connectivity index (χ1v) is 8.13. The molecule has 1 fully saturated rings. The number of nitrogens with zero attached hydrogens (tertiary/aromatic N) is 2. The Hall–Kier alpha value is -1.53. The third-order valence-electron chi connectivity index (χ3n) is 3.43. The summed E-state index contributed by atoms with van der Waals surface area (Å²) >= 11 is 6.17. The maximum atomic E-state index is 12.1. The molecule has 0 unspecified atom stereocenters. The van der Waals surface area contributed by atoms with Gasteiger partial charge in [-0.3, -0.25) is 0 Å². The fourth-order valence-electron chi connectivity index (χ4n) is 2.02. The normalized spacial score (nSPS) is 15.5. The third-order valence-corrected chi connectivity index (χ3v) is 5.78. The molecule has 0 radical (unpaired) electrons.